The van der Waals surface area contributed by atoms with E-state index in [-0.39, 0.29) is 17.1 Å². The van der Waals surface area contributed by atoms with Gasteiger partial charge in [0, 0.05) is 29.8 Å². The predicted octanol–water partition coefficient (Wildman–Crippen LogP) is 3.83. The van der Waals surface area contributed by atoms with Crippen molar-refractivity contribution in [1.82, 2.24) is 5.32 Å². The fraction of sp³-hybridized carbons (Fsp3) is 0.211. The Morgan fingerprint density at radius 1 is 1.12 bits per heavy atom. The third kappa shape index (κ3) is 4.67. The SMILES string of the molecule is COc1cc(OC)c(OC)cc1CNC(=O)/C=C/c1c(F)cccc1Cl. The highest BCUT2D eigenvalue weighted by Crippen LogP contribution is 2.34. The van der Waals surface area contributed by atoms with E-state index in [1.165, 1.54) is 45.6 Å². The number of hydrogen-bond donors (Lipinski definition) is 1. The van der Waals surface area contributed by atoms with E-state index in [1.54, 1.807) is 18.2 Å². The van der Waals surface area contributed by atoms with Crippen LogP contribution in [0, 0.1) is 5.82 Å². The predicted molar refractivity (Wildman–Crippen MR) is 98.4 cm³/mol. The third-order valence-corrected chi connectivity index (χ3v) is 3.97. The lowest BCUT2D eigenvalue weighted by Gasteiger charge is -2.14. The van der Waals surface area contributed by atoms with Gasteiger partial charge in [-0.1, -0.05) is 17.7 Å². The summed E-state index contributed by atoms with van der Waals surface area (Å²) in [5.41, 5.74) is 0.865. The minimum absolute atomic E-state index is 0.160. The Bertz CT molecular complexity index is 803. The van der Waals surface area contributed by atoms with Crippen LogP contribution in [-0.4, -0.2) is 27.2 Å². The summed E-state index contributed by atoms with van der Waals surface area (Å²) in [6.07, 6.45) is 2.55. The van der Waals surface area contributed by atoms with Gasteiger partial charge in [0.2, 0.25) is 5.91 Å². The zero-order valence-electron chi connectivity index (χ0n) is 14.6. The van der Waals surface area contributed by atoms with E-state index in [0.717, 1.165) is 0 Å². The lowest BCUT2D eigenvalue weighted by molar-refractivity contribution is -0.116. The van der Waals surface area contributed by atoms with Crippen LogP contribution >= 0.6 is 11.6 Å². The summed E-state index contributed by atoms with van der Waals surface area (Å²) in [5.74, 6) is 0.688. The Labute approximate surface area is 156 Å². The quantitative estimate of drug-likeness (QED) is 0.743. The third-order valence-electron chi connectivity index (χ3n) is 3.64. The molecule has 0 fully saturated rings. The lowest BCUT2D eigenvalue weighted by Crippen LogP contribution is -2.20. The first-order chi connectivity index (χ1) is 12.5. The van der Waals surface area contributed by atoms with Gasteiger partial charge in [0.15, 0.2) is 11.5 Å². The van der Waals surface area contributed by atoms with Gasteiger partial charge in [-0.05, 0) is 24.3 Å². The molecule has 7 heteroatoms. The van der Waals surface area contributed by atoms with Crippen LogP contribution in [0.2, 0.25) is 5.02 Å². The molecular weight excluding hydrogens is 361 g/mol. The minimum atomic E-state index is -0.497. The molecule has 2 aromatic rings. The molecule has 0 bridgehead atoms. The number of nitrogens with one attached hydrogen (secondary N) is 1. The van der Waals surface area contributed by atoms with Gasteiger partial charge in [-0.2, -0.15) is 0 Å². The monoisotopic (exact) mass is 379 g/mol. The number of hydrogen-bond acceptors (Lipinski definition) is 4. The second-order valence-electron chi connectivity index (χ2n) is 5.21. The molecule has 0 saturated heterocycles. The standard InChI is InChI=1S/C19H19ClFNO4/c1-24-16-10-18(26-3)17(25-2)9-12(16)11-22-19(23)8-7-13-14(20)5-4-6-15(13)21/h4-10H,11H2,1-3H3,(H,22,23)/b8-7+. The minimum Gasteiger partial charge on any atom is -0.496 e. The number of benzene rings is 2. The maximum Gasteiger partial charge on any atom is 0.244 e. The van der Waals surface area contributed by atoms with E-state index in [4.69, 9.17) is 25.8 Å². The van der Waals surface area contributed by atoms with Crippen molar-refractivity contribution < 1.29 is 23.4 Å². The number of carbonyl (C=O) groups is 1. The van der Waals surface area contributed by atoms with Gasteiger partial charge in [0.1, 0.15) is 11.6 Å². The van der Waals surface area contributed by atoms with E-state index in [2.05, 4.69) is 5.32 Å². The summed E-state index contributed by atoms with van der Waals surface area (Å²) < 4.78 is 29.5. The Hall–Kier alpha value is -2.73. The van der Waals surface area contributed by atoms with Crippen LogP contribution in [0.15, 0.2) is 36.4 Å². The maximum atomic E-state index is 13.7. The molecule has 0 aliphatic rings. The Balaban J connectivity index is 2.11. The first-order valence-electron chi connectivity index (χ1n) is 7.69. The van der Waals surface area contributed by atoms with Crippen LogP contribution in [0.25, 0.3) is 6.08 Å². The van der Waals surface area contributed by atoms with Crippen LogP contribution in [-0.2, 0) is 11.3 Å². The molecule has 0 aromatic heterocycles. The number of amides is 1. The fourth-order valence-electron chi connectivity index (χ4n) is 2.30. The molecule has 0 aliphatic carbocycles. The van der Waals surface area contributed by atoms with Crippen molar-refractivity contribution in [2.45, 2.75) is 6.54 Å². The molecule has 0 spiro atoms. The molecular formula is C19H19ClFNO4. The second kappa shape index (κ2) is 9.10. The topological polar surface area (TPSA) is 56.8 Å². The molecule has 0 radical (unpaired) electrons. The first kappa shape index (κ1) is 19.6. The Morgan fingerprint density at radius 3 is 2.38 bits per heavy atom. The van der Waals surface area contributed by atoms with Crippen LogP contribution < -0.4 is 19.5 Å². The molecule has 1 amide bonds. The number of ether oxygens (including phenoxy) is 3. The van der Waals surface area contributed by atoms with E-state index < -0.39 is 11.7 Å². The van der Waals surface area contributed by atoms with Crippen molar-refractivity contribution in [1.29, 1.82) is 0 Å². The molecule has 2 rings (SSSR count). The molecule has 0 aliphatic heterocycles. The van der Waals surface area contributed by atoms with Crippen molar-refractivity contribution >= 4 is 23.6 Å². The summed E-state index contributed by atoms with van der Waals surface area (Å²) in [6.45, 7) is 0.192. The average Bonchev–Trinajstić information content (AvgIpc) is 2.65. The second-order valence-corrected chi connectivity index (χ2v) is 5.61. The van der Waals surface area contributed by atoms with Crippen LogP contribution in [0.3, 0.4) is 0 Å². The van der Waals surface area contributed by atoms with Gasteiger partial charge >= 0.3 is 0 Å². The highest BCUT2D eigenvalue weighted by Gasteiger charge is 2.12. The van der Waals surface area contributed by atoms with E-state index in [9.17, 15) is 9.18 Å². The number of halogens is 2. The molecule has 5 nitrogen and oxygen atoms in total. The summed E-state index contributed by atoms with van der Waals surface area (Å²) in [5, 5.41) is 2.94. The molecule has 26 heavy (non-hydrogen) atoms. The first-order valence-corrected chi connectivity index (χ1v) is 8.06. The van der Waals surface area contributed by atoms with Crippen LogP contribution in [0.5, 0.6) is 17.2 Å². The fourth-order valence-corrected chi connectivity index (χ4v) is 2.53. The van der Waals surface area contributed by atoms with Crippen molar-refractivity contribution in [3.05, 3.63) is 58.4 Å². The van der Waals surface area contributed by atoms with Gasteiger partial charge in [-0.25, -0.2) is 4.39 Å². The van der Waals surface area contributed by atoms with Gasteiger partial charge < -0.3 is 19.5 Å². The summed E-state index contributed by atoms with van der Waals surface area (Å²) in [4.78, 5) is 12.0. The van der Waals surface area contributed by atoms with E-state index in [0.29, 0.717) is 22.8 Å². The van der Waals surface area contributed by atoms with Gasteiger partial charge in [0.25, 0.3) is 0 Å². The van der Waals surface area contributed by atoms with E-state index >= 15 is 0 Å². The number of rotatable bonds is 7. The zero-order valence-corrected chi connectivity index (χ0v) is 15.4. The average molecular weight is 380 g/mol. The van der Waals surface area contributed by atoms with Crippen LogP contribution in [0.1, 0.15) is 11.1 Å². The Morgan fingerprint density at radius 2 is 1.77 bits per heavy atom. The molecule has 0 atom stereocenters. The maximum absolute atomic E-state index is 13.7. The molecule has 0 heterocycles. The van der Waals surface area contributed by atoms with Gasteiger partial charge in [-0.15, -0.1) is 0 Å². The lowest BCUT2D eigenvalue weighted by atomic mass is 10.1. The highest BCUT2D eigenvalue weighted by atomic mass is 35.5. The van der Waals surface area contributed by atoms with Crippen molar-refractivity contribution in [2.24, 2.45) is 0 Å². The van der Waals surface area contributed by atoms with Gasteiger partial charge in [0.05, 0.1) is 26.4 Å². The Kier molecular flexibility index (Phi) is 6.86. The molecule has 0 saturated carbocycles. The van der Waals surface area contributed by atoms with Crippen molar-refractivity contribution in [2.75, 3.05) is 21.3 Å². The van der Waals surface area contributed by atoms with Crippen molar-refractivity contribution in [3.63, 3.8) is 0 Å². The smallest absolute Gasteiger partial charge is 0.244 e. The van der Waals surface area contributed by atoms with Crippen LogP contribution in [0.4, 0.5) is 4.39 Å². The normalized spacial score (nSPS) is 10.7. The van der Waals surface area contributed by atoms with Crippen molar-refractivity contribution in [3.8, 4) is 17.2 Å². The molecule has 2 aromatic carbocycles. The van der Waals surface area contributed by atoms with Gasteiger partial charge in [-0.3, -0.25) is 4.79 Å². The molecule has 0 unspecified atom stereocenters. The molecule has 1 N–H and O–H groups in total. The highest BCUT2D eigenvalue weighted by molar-refractivity contribution is 6.32. The summed E-state index contributed by atoms with van der Waals surface area (Å²) in [6, 6.07) is 7.72. The number of methoxy groups -OCH3 is 3. The molecule has 138 valence electrons. The zero-order chi connectivity index (χ0) is 19.1. The van der Waals surface area contributed by atoms with E-state index in [1.807, 2.05) is 0 Å². The summed E-state index contributed by atoms with van der Waals surface area (Å²) >= 11 is 5.92. The largest absolute Gasteiger partial charge is 0.496 e. The number of carbonyl (C=O) groups excluding carboxylic acids is 1. The summed E-state index contributed by atoms with van der Waals surface area (Å²) in [7, 11) is 4.57.